The van der Waals surface area contributed by atoms with Crippen molar-refractivity contribution < 1.29 is 0 Å². The Bertz CT molecular complexity index is 514. The molecule has 1 atom stereocenters. The van der Waals surface area contributed by atoms with E-state index in [1.807, 2.05) is 30.9 Å². The predicted molar refractivity (Wildman–Crippen MR) is 78.3 cm³/mol. The summed E-state index contributed by atoms with van der Waals surface area (Å²) in [6.07, 6.45) is 9.79. The fourth-order valence-corrected chi connectivity index (χ4v) is 2.66. The van der Waals surface area contributed by atoms with Crippen molar-refractivity contribution in [3.05, 3.63) is 46.1 Å². The average molecular weight is 352 g/mol. The molecule has 1 saturated heterocycles. The van der Waals surface area contributed by atoms with E-state index in [0.717, 1.165) is 22.5 Å². The summed E-state index contributed by atoms with van der Waals surface area (Å²) >= 11 is 2.22. The molecule has 0 aromatic carbocycles. The summed E-state index contributed by atoms with van der Waals surface area (Å²) in [5.41, 5.74) is 1.25. The number of hydrogen-bond donors (Lipinski definition) is 0. The zero-order chi connectivity index (χ0) is 12.4. The maximum absolute atomic E-state index is 4.42. The minimum atomic E-state index is 0.360. The molecule has 1 fully saturated rings. The highest BCUT2D eigenvalue weighted by Gasteiger charge is 2.27. The van der Waals surface area contributed by atoms with Gasteiger partial charge in [0.05, 0.1) is 6.04 Å². The number of nitrogens with zero attached hydrogens (tertiary/aromatic N) is 4. The number of rotatable bonds is 2. The summed E-state index contributed by atoms with van der Waals surface area (Å²) in [7, 11) is 0. The van der Waals surface area contributed by atoms with E-state index < -0.39 is 0 Å². The highest BCUT2D eigenvalue weighted by Crippen LogP contribution is 2.33. The van der Waals surface area contributed by atoms with E-state index in [0.29, 0.717) is 6.04 Å². The molecule has 5 heteroatoms. The molecule has 0 saturated carbocycles. The van der Waals surface area contributed by atoms with Crippen LogP contribution in [0.15, 0.2) is 36.9 Å². The van der Waals surface area contributed by atoms with Gasteiger partial charge in [0, 0.05) is 34.9 Å². The van der Waals surface area contributed by atoms with Gasteiger partial charge in [0.25, 0.3) is 0 Å². The Hall–Kier alpha value is -1.24. The zero-order valence-corrected chi connectivity index (χ0v) is 12.0. The Kier molecular flexibility index (Phi) is 3.40. The minimum Gasteiger partial charge on any atom is -0.334 e. The number of pyridine rings is 1. The first kappa shape index (κ1) is 11.8. The van der Waals surface area contributed by atoms with Gasteiger partial charge in [-0.25, -0.2) is 9.97 Å². The molecule has 0 amide bonds. The van der Waals surface area contributed by atoms with Crippen LogP contribution in [0.5, 0.6) is 0 Å². The fourth-order valence-electron chi connectivity index (χ4n) is 2.38. The summed E-state index contributed by atoms with van der Waals surface area (Å²) < 4.78 is 1.06. The highest BCUT2D eigenvalue weighted by molar-refractivity contribution is 14.1. The van der Waals surface area contributed by atoms with Gasteiger partial charge >= 0.3 is 0 Å². The van der Waals surface area contributed by atoms with Gasteiger partial charge in [0.15, 0.2) is 0 Å². The van der Waals surface area contributed by atoms with Crippen molar-refractivity contribution in [2.45, 2.75) is 18.9 Å². The molecule has 1 unspecified atom stereocenters. The van der Waals surface area contributed by atoms with Gasteiger partial charge in [-0.05, 0) is 47.1 Å². The molecule has 0 bridgehead atoms. The van der Waals surface area contributed by atoms with Crippen molar-refractivity contribution in [3.63, 3.8) is 0 Å². The lowest BCUT2D eigenvalue weighted by atomic mass is 10.1. The highest BCUT2D eigenvalue weighted by atomic mass is 127. The van der Waals surface area contributed by atoms with E-state index in [-0.39, 0.29) is 0 Å². The Morgan fingerprint density at radius 1 is 1.22 bits per heavy atom. The molecule has 1 aliphatic heterocycles. The SMILES string of the molecule is Ic1cnc(N2CCCC2c2cccnc2)nc1. The summed E-state index contributed by atoms with van der Waals surface area (Å²) in [5, 5.41) is 0. The van der Waals surface area contributed by atoms with Crippen LogP contribution >= 0.6 is 22.6 Å². The van der Waals surface area contributed by atoms with Crippen LogP contribution in [0.4, 0.5) is 5.95 Å². The molecular weight excluding hydrogens is 339 g/mol. The lowest BCUT2D eigenvalue weighted by Crippen LogP contribution is -2.24. The van der Waals surface area contributed by atoms with Crippen molar-refractivity contribution in [1.29, 1.82) is 0 Å². The number of anilines is 1. The van der Waals surface area contributed by atoms with Crippen molar-refractivity contribution in [1.82, 2.24) is 15.0 Å². The second kappa shape index (κ2) is 5.17. The molecule has 2 aromatic rings. The van der Waals surface area contributed by atoms with Crippen LogP contribution in [0.1, 0.15) is 24.4 Å². The summed E-state index contributed by atoms with van der Waals surface area (Å²) in [6.45, 7) is 1.01. The standard InChI is InChI=1S/C13H13IN4/c14-11-8-16-13(17-9-11)18-6-2-4-12(18)10-3-1-5-15-7-10/h1,3,5,7-9,12H,2,4,6H2. The van der Waals surface area contributed by atoms with Crippen molar-refractivity contribution in [2.24, 2.45) is 0 Å². The van der Waals surface area contributed by atoms with E-state index in [9.17, 15) is 0 Å². The van der Waals surface area contributed by atoms with Gasteiger partial charge in [0.1, 0.15) is 0 Å². The predicted octanol–water partition coefficient (Wildman–Crippen LogP) is 2.82. The molecule has 0 radical (unpaired) electrons. The van der Waals surface area contributed by atoms with Gasteiger partial charge in [-0.3, -0.25) is 4.98 Å². The molecule has 2 aromatic heterocycles. The van der Waals surface area contributed by atoms with Crippen molar-refractivity contribution in [3.8, 4) is 0 Å². The zero-order valence-electron chi connectivity index (χ0n) is 9.83. The molecule has 0 N–H and O–H groups in total. The third-order valence-electron chi connectivity index (χ3n) is 3.19. The molecule has 0 spiro atoms. The molecular formula is C13H13IN4. The van der Waals surface area contributed by atoms with Crippen molar-refractivity contribution >= 4 is 28.5 Å². The second-order valence-corrected chi connectivity index (χ2v) is 5.58. The van der Waals surface area contributed by atoms with E-state index in [4.69, 9.17) is 0 Å². The maximum atomic E-state index is 4.42. The Morgan fingerprint density at radius 2 is 2.06 bits per heavy atom. The smallest absolute Gasteiger partial charge is 0.225 e. The van der Waals surface area contributed by atoms with Crippen molar-refractivity contribution in [2.75, 3.05) is 11.4 Å². The van der Waals surface area contributed by atoms with Crippen LogP contribution in [-0.4, -0.2) is 21.5 Å². The maximum Gasteiger partial charge on any atom is 0.225 e. The van der Waals surface area contributed by atoms with Crippen LogP contribution in [0.2, 0.25) is 0 Å². The van der Waals surface area contributed by atoms with Gasteiger partial charge in [-0.15, -0.1) is 0 Å². The Labute approximate surface area is 120 Å². The monoisotopic (exact) mass is 352 g/mol. The van der Waals surface area contributed by atoms with Crippen LogP contribution < -0.4 is 4.90 Å². The van der Waals surface area contributed by atoms with E-state index in [1.54, 1.807) is 0 Å². The molecule has 92 valence electrons. The van der Waals surface area contributed by atoms with Crippen LogP contribution in [0, 0.1) is 3.57 Å². The normalized spacial score (nSPS) is 19.2. The van der Waals surface area contributed by atoms with E-state index >= 15 is 0 Å². The summed E-state index contributed by atoms with van der Waals surface area (Å²) in [4.78, 5) is 15.3. The molecule has 4 nitrogen and oxygen atoms in total. The van der Waals surface area contributed by atoms with Gasteiger partial charge in [-0.1, -0.05) is 6.07 Å². The summed E-state index contributed by atoms with van der Waals surface area (Å²) in [6, 6.07) is 4.47. The fraction of sp³-hybridized carbons (Fsp3) is 0.308. The van der Waals surface area contributed by atoms with Crippen LogP contribution in [0.3, 0.4) is 0 Å². The quantitative estimate of drug-likeness (QED) is 0.780. The molecule has 3 rings (SSSR count). The third-order valence-corrected chi connectivity index (χ3v) is 3.74. The van der Waals surface area contributed by atoms with Gasteiger partial charge in [0.2, 0.25) is 5.95 Å². The Balaban J connectivity index is 1.90. The first-order valence-electron chi connectivity index (χ1n) is 5.99. The van der Waals surface area contributed by atoms with Crippen LogP contribution in [0.25, 0.3) is 0 Å². The second-order valence-electron chi connectivity index (χ2n) is 4.34. The lowest BCUT2D eigenvalue weighted by molar-refractivity contribution is 0.698. The number of halogens is 1. The average Bonchev–Trinajstić information content (AvgIpc) is 2.90. The molecule has 0 aliphatic carbocycles. The first-order valence-corrected chi connectivity index (χ1v) is 7.06. The molecule has 1 aliphatic rings. The van der Waals surface area contributed by atoms with E-state index in [2.05, 4.69) is 48.5 Å². The first-order chi connectivity index (χ1) is 8.84. The van der Waals surface area contributed by atoms with Crippen LogP contribution in [-0.2, 0) is 0 Å². The summed E-state index contributed by atoms with van der Waals surface area (Å²) in [5.74, 6) is 0.821. The Morgan fingerprint density at radius 3 is 2.78 bits per heavy atom. The lowest BCUT2D eigenvalue weighted by Gasteiger charge is -2.24. The topological polar surface area (TPSA) is 41.9 Å². The molecule has 18 heavy (non-hydrogen) atoms. The number of aromatic nitrogens is 3. The molecule has 3 heterocycles. The van der Waals surface area contributed by atoms with E-state index in [1.165, 1.54) is 12.0 Å². The third kappa shape index (κ3) is 2.31. The van der Waals surface area contributed by atoms with Gasteiger partial charge in [-0.2, -0.15) is 0 Å². The number of hydrogen-bond acceptors (Lipinski definition) is 4. The van der Waals surface area contributed by atoms with Gasteiger partial charge < -0.3 is 4.90 Å². The minimum absolute atomic E-state index is 0.360. The largest absolute Gasteiger partial charge is 0.334 e.